The van der Waals surface area contributed by atoms with E-state index < -0.39 is 0 Å². The Labute approximate surface area is 88.4 Å². The number of rotatable bonds is 6. The van der Waals surface area contributed by atoms with Crippen LogP contribution in [-0.2, 0) is 4.74 Å². The number of nitrogens with one attached hydrogen (secondary N) is 1. The van der Waals surface area contributed by atoms with Crippen molar-refractivity contribution in [2.24, 2.45) is 5.92 Å². The highest BCUT2D eigenvalue weighted by Crippen LogP contribution is 2.21. The predicted octanol–water partition coefficient (Wildman–Crippen LogP) is 2.58. The topological polar surface area (TPSA) is 21.3 Å². The molecule has 1 saturated carbocycles. The first kappa shape index (κ1) is 12.0. The molecular formula is C12H25NO. The third kappa shape index (κ3) is 5.61. The molecule has 2 heteroatoms. The zero-order chi connectivity index (χ0) is 10.1. The summed E-state index contributed by atoms with van der Waals surface area (Å²) in [4.78, 5) is 0. The molecule has 0 aromatic heterocycles. The van der Waals surface area contributed by atoms with Gasteiger partial charge in [0.15, 0.2) is 0 Å². The maximum atomic E-state index is 5.01. The lowest BCUT2D eigenvalue weighted by Crippen LogP contribution is -2.24. The smallest absolute Gasteiger partial charge is 0.0474 e. The summed E-state index contributed by atoms with van der Waals surface area (Å²) in [6.45, 7) is 3.23. The second-order valence-electron chi connectivity index (χ2n) is 4.41. The van der Waals surface area contributed by atoms with Crippen LogP contribution in [0.5, 0.6) is 0 Å². The summed E-state index contributed by atoms with van der Waals surface area (Å²) in [5, 5.41) is 3.54. The molecule has 2 nitrogen and oxygen atoms in total. The molecule has 0 heterocycles. The van der Waals surface area contributed by atoms with Crippen LogP contribution < -0.4 is 5.32 Å². The van der Waals surface area contributed by atoms with Gasteiger partial charge >= 0.3 is 0 Å². The van der Waals surface area contributed by atoms with Crippen molar-refractivity contribution in [3.8, 4) is 0 Å². The molecule has 1 aliphatic carbocycles. The minimum atomic E-state index is 0.887. The van der Waals surface area contributed by atoms with Crippen LogP contribution in [0.3, 0.4) is 0 Å². The Balaban J connectivity index is 1.93. The zero-order valence-electron chi connectivity index (χ0n) is 9.56. The third-order valence-electron chi connectivity index (χ3n) is 3.11. The monoisotopic (exact) mass is 199 g/mol. The fraction of sp³-hybridized carbons (Fsp3) is 1.00. The van der Waals surface area contributed by atoms with Crippen LogP contribution in [0.15, 0.2) is 0 Å². The minimum Gasteiger partial charge on any atom is -0.385 e. The average molecular weight is 199 g/mol. The molecule has 0 aromatic carbocycles. The number of hydrogen-bond acceptors (Lipinski definition) is 2. The van der Waals surface area contributed by atoms with Gasteiger partial charge in [0.2, 0.25) is 0 Å². The summed E-state index contributed by atoms with van der Waals surface area (Å²) >= 11 is 0. The van der Waals surface area contributed by atoms with Crippen molar-refractivity contribution < 1.29 is 4.74 Å². The highest BCUT2D eigenvalue weighted by molar-refractivity contribution is 4.66. The van der Waals surface area contributed by atoms with E-state index in [2.05, 4.69) is 5.32 Å². The van der Waals surface area contributed by atoms with Gasteiger partial charge in [-0.05, 0) is 38.3 Å². The van der Waals surface area contributed by atoms with Crippen LogP contribution in [-0.4, -0.2) is 26.8 Å². The van der Waals surface area contributed by atoms with Crippen LogP contribution in [0.4, 0.5) is 0 Å². The van der Waals surface area contributed by atoms with E-state index in [1.165, 1.54) is 45.1 Å². The fourth-order valence-corrected chi connectivity index (χ4v) is 2.22. The Morgan fingerprint density at radius 3 is 2.50 bits per heavy atom. The number of ether oxygens (including phenoxy) is 1. The quantitative estimate of drug-likeness (QED) is 0.524. The molecule has 0 amide bonds. The molecule has 1 fully saturated rings. The number of methoxy groups -OCH3 is 1. The van der Waals surface area contributed by atoms with Gasteiger partial charge < -0.3 is 10.1 Å². The molecule has 1 aliphatic rings. The largest absolute Gasteiger partial charge is 0.385 e. The lowest BCUT2D eigenvalue weighted by atomic mass is 10.0. The molecule has 0 aliphatic heterocycles. The van der Waals surface area contributed by atoms with Crippen molar-refractivity contribution >= 4 is 0 Å². The molecule has 84 valence electrons. The van der Waals surface area contributed by atoms with Gasteiger partial charge in [0.05, 0.1) is 0 Å². The molecule has 0 unspecified atom stereocenters. The van der Waals surface area contributed by atoms with Gasteiger partial charge in [-0.2, -0.15) is 0 Å². The van der Waals surface area contributed by atoms with Crippen molar-refractivity contribution in [3.63, 3.8) is 0 Å². The van der Waals surface area contributed by atoms with Crippen LogP contribution >= 0.6 is 0 Å². The normalized spacial score (nSPS) is 19.5. The Kier molecular flexibility index (Phi) is 7.06. The average Bonchev–Trinajstić information content (AvgIpc) is 2.46. The third-order valence-corrected chi connectivity index (χ3v) is 3.11. The molecule has 0 spiro atoms. The summed E-state index contributed by atoms with van der Waals surface area (Å²) in [6, 6.07) is 0. The summed E-state index contributed by atoms with van der Waals surface area (Å²) in [6.07, 6.45) is 9.84. The van der Waals surface area contributed by atoms with Crippen LogP contribution in [0.2, 0.25) is 0 Å². The van der Waals surface area contributed by atoms with Crippen molar-refractivity contribution in [3.05, 3.63) is 0 Å². The molecule has 14 heavy (non-hydrogen) atoms. The predicted molar refractivity (Wildman–Crippen MR) is 60.6 cm³/mol. The maximum Gasteiger partial charge on any atom is 0.0474 e. The Bertz CT molecular complexity index is 119. The van der Waals surface area contributed by atoms with Gasteiger partial charge in [0.1, 0.15) is 0 Å². The van der Waals surface area contributed by atoms with E-state index in [1.807, 2.05) is 0 Å². The van der Waals surface area contributed by atoms with Crippen molar-refractivity contribution in [1.29, 1.82) is 0 Å². The summed E-state index contributed by atoms with van der Waals surface area (Å²) in [5.41, 5.74) is 0. The Hall–Kier alpha value is -0.0800. The zero-order valence-corrected chi connectivity index (χ0v) is 9.56. The first-order valence-electron chi connectivity index (χ1n) is 6.13. The minimum absolute atomic E-state index is 0.887. The van der Waals surface area contributed by atoms with E-state index in [9.17, 15) is 0 Å². The maximum absolute atomic E-state index is 5.01. The highest BCUT2D eigenvalue weighted by Gasteiger charge is 2.10. The SMILES string of the molecule is COCCCNCC1CCCCCC1. The van der Waals surface area contributed by atoms with Crippen LogP contribution in [0.25, 0.3) is 0 Å². The van der Waals surface area contributed by atoms with Crippen molar-refractivity contribution in [2.45, 2.75) is 44.9 Å². The van der Waals surface area contributed by atoms with E-state index in [0.29, 0.717) is 0 Å². The summed E-state index contributed by atoms with van der Waals surface area (Å²) < 4.78 is 5.01. The second-order valence-corrected chi connectivity index (χ2v) is 4.41. The van der Waals surface area contributed by atoms with E-state index in [1.54, 1.807) is 7.11 Å². The molecule has 0 aromatic rings. The van der Waals surface area contributed by atoms with Crippen molar-refractivity contribution in [2.75, 3.05) is 26.8 Å². The van der Waals surface area contributed by atoms with Gasteiger partial charge in [0, 0.05) is 13.7 Å². The first-order valence-corrected chi connectivity index (χ1v) is 6.13. The standard InChI is InChI=1S/C12H25NO/c1-14-10-6-9-13-11-12-7-4-2-3-5-8-12/h12-13H,2-11H2,1H3. The fourth-order valence-electron chi connectivity index (χ4n) is 2.22. The molecule has 1 rings (SSSR count). The van der Waals surface area contributed by atoms with Gasteiger partial charge in [0.25, 0.3) is 0 Å². The Morgan fingerprint density at radius 1 is 1.14 bits per heavy atom. The molecule has 0 radical (unpaired) electrons. The first-order chi connectivity index (χ1) is 6.93. The molecule has 1 N–H and O–H groups in total. The van der Waals surface area contributed by atoms with E-state index in [0.717, 1.165) is 25.5 Å². The van der Waals surface area contributed by atoms with Gasteiger partial charge in [-0.1, -0.05) is 25.7 Å². The lowest BCUT2D eigenvalue weighted by molar-refractivity contribution is 0.193. The summed E-state index contributed by atoms with van der Waals surface area (Å²) in [5.74, 6) is 0.944. The second kappa shape index (κ2) is 8.25. The molecule has 0 bridgehead atoms. The van der Waals surface area contributed by atoms with E-state index in [4.69, 9.17) is 4.74 Å². The molecule has 0 saturated heterocycles. The number of hydrogen-bond donors (Lipinski definition) is 1. The van der Waals surface area contributed by atoms with Gasteiger partial charge in [-0.15, -0.1) is 0 Å². The van der Waals surface area contributed by atoms with E-state index >= 15 is 0 Å². The van der Waals surface area contributed by atoms with Crippen molar-refractivity contribution in [1.82, 2.24) is 5.32 Å². The van der Waals surface area contributed by atoms with Crippen LogP contribution in [0.1, 0.15) is 44.9 Å². The van der Waals surface area contributed by atoms with E-state index in [-0.39, 0.29) is 0 Å². The van der Waals surface area contributed by atoms with Crippen LogP contribution in [0, 0.1) is 5.92 Å². The molecule has 0 atom stereocenters. The highest BCUT2D eigenvalue weighted by atomic mass is 16.5. The van der Waals surface area contributed by atoms with Gasteiger partial charge in [-0.3, -0.25) is 0 Å². The Morgan fingerprint density at radius 2 is 1.86 bits per heavy atom. The molecular weight excluding hydrogens is 174 g/mol. The summed E-state index contributed by atoms with van der Waals surface area (Å²) in [7, 11) is 1.77. The van der Waals surface area contributed by atoms with Gasteiger partial charge in [-0.25, -0.2) is 0 Å². The lowest BCUT2D eigenvalue weighted by Gasteiger charge is -2.14.